The second kappa shape index (κ2) is 11.5. The Morgan fingerprint density at radius 1 is 1.28 bits per heavy atom. The standard InChI is InChI=1S/C22H24BrN3O2S/c1-16(2)15-28-20-10-9-18(23)13-19(20)21(27)25-22(29)26(12-6-11-24)14-17-7-4-3-5-8-17/h3-5,7-10,13,16H,6,12,14-15H2,1-2H3,(H,25,27,29). The highest BCUT2D eigenvalue weighted by Crippen LogP contribution is 2.24. The molecule has 0 saturated carbocycles. The number of nitrogens with one attached hydrogen (secondary N) is 1. The number of nitrogens with zero attached hydrogens (tertiary/aromatic N) is 2. The Bertz CT molecular complexity index is 881. The van der Waals surface area contributed by atoms with Gasteiger partial charge in [-0.1, -0.05) is 60.1 Å². The first-order valence-electron chi connectivity index (χ1n) is 9.34. The van der Waals surface area contributed by atoms with E-state index in [0.29, 0.717) is 43.3 Å². The summed E-state index contributed by atoms with van der Waals surface area (Å²) in [4.78, 5) is 14.7. The van der Waals surface area contributed by atoms with Crippen LogP contribution in [0.15, 0.2) is 53.0 Å². The van der Waals surface area contributed by atoms with Gasteiger partial charge in [0.15, 0.2) is 5.11 Å². The molecule has 0 aliphatic carbocycles. The molecule has 0 heterocycles. The molecule has 29 heavy (non-hydrogen) atoms. The molecular weight excluding hydrogens is 450 g/mol. The van der Waals surface area contributed by atoms with E-state index in [1.54, 1.807) is 12.1 Å². The van der Waals surface area contributed by atoms with Gasteiger partial charge >= 0.3 is 0 Å². The average Bonchev–Trinajstić information content (AvgIpc) is 2.70. The SMILES string of the molecule is CC(C)COc1ccc(Br)cc1C(=O)NC(=S)N(CCC#N)Cc1ccccc1. The highest BCUT2D eigenvalue weighted by atomic mass is 79.9. The van der Waals surface area contributed by atoms with Gasteiger partial charge in [-0.2, -0.15) is 5.26 Å². The summed E-state index contributed by atoms with van der Waals surface area (Å²) in [5, 5.41) is 12.0. The maximum absolute atomic E-state index is 12.9. The van der Waals surface area contributed by atoms with Gasteiger partial charge in [-0.15, -0.1) is 0 Å². The van der Waals surface area contributed by atoms with Gasteiger partial charge in [-0.25, -0.2) is 0 Å². The number of carbonyl (C=O) groups excluding carboxylic acids is 1. The third-order valence-electron chi connectivity index (χ3n) is 3.98. The molecule has 0 atom stereocenters. The predicted octanol–water partition coefficient (Wildman–Crippen LogP) is 4.91. The van der Waals surface area contributed by atoms with Crippen LogP contribution in [-0.4, -0.2) is 29.1 Å². The van der Waals surface area contributed by atoms with Gasteiger partial charge in [0.05, 0.1) is 24.7 Å². The lowest BCUT2D eigenvalue weighted by atomic mass is 10.2. The Kier molecular flexibility index (Phi) is 9.10. The summed E-state index contributed by atoms with van der Waals surface area (Å²) in [6.45, 7) is 5.54. The minimum Gasteiger partial charge on any atom is -0.492 e. The normalized spacial score (nSPS) is 10.3. The van der Waals surface area contributed by atoms with Crippen molar-refractivity contribution < 1.29 is 9.53 Å². The van der Waals surface area contributed by atoms with Crippen molar-refractivity contribution in [2.24, 2.45) is 5.92 Å². The van der Waals surface area contributed by atoms with E-state index in [-0.39, 0.29) is 11.0 Å². The van der Waals surface area contributed by atoms with E-state index in [9.17, 15) is 4.79 Å². The van der Waals surface area contributed by atoms with Crippen LogP contribution in [-0.2, 0) is 6.54 Å². The summed E-state index contributed by atoms with van der Waals surface area (Å²) in [6, 6.07) is 17.2. The Morgan fingerprint density at radius 3 is 2.66 bits per heavy atom. The van der Waals surface area contributed by atoms with Crippen molar-refractivity contribution in [2.45, 2.75) is 26.8 Å². The third-order valence-corrected chi connectivity index (χ3v) is 4.83. The number of carbonyl (C=O) groups is 1. The van der Waals surface area contributed by atoms with E-state index in [4.69, 9.17) is 22.2 Å². The van der Waals surface area contributed by atoms with Crippen LogP contribution in [0, 0.1) is 17.2 Å². The summed E-state index contributed by atoms with van der Waals surface area (Å²) in [7, 11) is 0. The topological polar surface area (TPSA) is 65.4 Å². The van der Waals surface area contributed by atoms with Crippen molar-refractivity contribution in [3.05, 3.63) is 64.1 Å². The number of ether oxygens (including phenoxy) is 1. The van der Waals surface area contributed by atoms with Gasteiger partial charge in [-0.3, -0.25) is 10.1 Å². The van der Waals surface area contributed by atoms with Gasteiger partial charge in [0, 0.05) is 17.6 Å². The third kappa shape index (κ3) is 7.48. The molecule has 0 aliphatic heterocycles. The van der Waals surface area contributed by atoms with E-state index in [1.807, 2.05) is 55.1 Å². The number of benzene rings is 2. The van der Waals surface area contributed by atoms with E-state index in [2.05, 4.69) is 27.3 Å². The molecule has 152 valence electrons. The van der Waals surface area contributed by atoms with Crippen LogP contribution < -0.4 is 10.1 Å². The minimum absolute atomic E-state index is 0.281. The molecule has 0 radical (unpaired) electrons. The molecule has 0 bridgehead atoms. The lowest BCUT2D eigenvalue weighted by molar-refractivity contribution is 0.0968. The fourth-order valence-corrected chi connectivity index (χ4v) is 3.16. The van der Waals surface area contributed by atoms with Gasteiger partial charge in [-0.05, 0) is 41.9 Å². The monoisotopic (exact) mass is 473 g/mol. The zero-order chi connectivity index (χ0) is 21.2. The van der Waals surface area contributed by atoms with Crippen LogP contribution in [0.2, 0.25) is 0 Å². The predicted molar refractivity (Wildman–Crippen MR) is 122 cm³/mol. The van der Waals surface area contributed by atoms with Crippen molar-refractivity contribution in [3.63, 3.8) is 0 Å². The van der Waals surface area contributed by atoms with E-state index in [0.717, 1.165) is 10.0 Å². The first-order chi connectivity index (χ1) is 13.9. The van der Waals surface area contributed by atoms with Crippen molar-refractivity contribution >= 4 is 39.2 Å². The zero-order valence-electron chi connectivity index (χ0n) is 16.5. The molecule has 0 spiro atoms. The average molecular weight is 474 g/mol. The Morgan fingerprint density at radius 2 is 2.00 bits per heavy atom. The van der Waals surface area contributed by atoms with Crippen molar-refractivity contribution in [2.75, 3.05) is 13.2 Å². The van der Waals surface area contributed by atoms with Crippen LogP contribution >= 0.6 is 28.1 Å². The minimum atomic E-state index is -0.343. The second-order valence-electron chi connectivity index (χ2n) is 6.92. The number of amides is 1. The molecule has 2 rings (SSSR count). The van der Waals surface area contributed by atoms with E-state index >= 15 is 0 Å². The molecule has 0 fully saturated rings. The van der Waals surface area contributed by atoms with Crippen molar-refractivity contribution in [3.8, 4) is 11.8 Å². The molecule has 5 nitrogen and oxygen atoms in total. The molecule has 7 heteroatoms. The van der Waals surface area contributed by atoms with Crippen LogP contribution in [0.3, 0.4) is 0 Å². The van der Waals surface area contributed by atoms with Crippen LogP contribution in [0.25, 0.3) is 0 Å². The van der Waals surface area contributed by atoms with Crippen LogP contribution in [0.1, 0.15) is 36.2 Å². The number of nitriles is 1. The summed E-state index contributed by atoms with van der Waals surface area (Å²) in [5.41, 5.74) is 1.45. The highest BCUT2D eigenvalue weighted by molar-refractivity contribution is 9.10. The zero-order valence-corrected chi connectivity index (χ0v) is 18.9. The van der Waals surface area contributed by atoms with Gasteiger partial charge < -0.3 is 9.64 Å². The molecule has 0 unspecified atom stereocenters. The van der Waals surface area contributed by atoms with Crippen LogP contribution in [0.4, 0.5) is 0 Å². The van der Waals surface area contributed by atoms with Crippen molar-refractivity contribution in [1.82, 2.24) is 10.2 Å². The Balaban J connectivity index is 2.15. The number of halogens is 1. The van der Waals surface area contributed by atoms with E-state index in [1.165, 1.54) is 0 Å². The fourth-order valence-electron chi connectivity index (χ4n) is 2.55. The number of hydrogen-bond donors (Lipinski definition) is 1. The first-order valence-corrected chi connectivity index (χ1v) is 10.5. The molecule has 2 aromatic rings. The molecule has 1 amide bonds. The summed E-state index contributed by atoms with van der Waals surface area (Å²) >= 11 is 8.88. The first kappa shape index (κ1) is 22.9. The molecule has 0 saturated heterocycles. The Hall–Kier alpha value is -2.43. The summed E-state index contributed by atoms with van der Waals surface area (Å²) in [6.07, 6.45) is 0.308. The maximum atomic E-state index is 12.9. The lowest BCUT2D eigenvalue weighted by Crippen LogP contribution is -2.42. The molecule has 1 N–H and O–H groups in total. The largest absolute Gasteiger partial charge is 0.492 e. The smallest absolute Gasteiger partial charge is 0.261 e. The highest BCUT2D eigenvalue weighted by Gasteiger charge is 2.18. The summed E-state index contributed by atoms with van der Waals surface area (Å²) in [5.74, 6) is 0.502. The molecule has 0 aromatic heterocycles. The molecular formula is C22H24BrN3O2S. The van der Waals surface area contributed by atoms with Crippen molar-refractivity contribution in [1.29, 1.82) is 5.26 Å². The molecule has 0 aliphatic rings. The number of thiocarbonyl (C=S) groups is 1. The Labute approximate surface area is 185 Å². The van der Waals surface area contributed by atoms with Gasteiger partial charge in [0.2, 0.25) is 0 Å². The maximum Gasteiger partial charge on any atom is 0.261 e. The molecule has 2 aromatic carbocycles. The second-order valence-corrected chi connectivity index (χ2v) is 8.22. The lowest BCUT2D eigenvalue weighted by Gasteiger charge is -2.25. The summed E-state index contributed by atoms with van der Waals surface area (Å²) < 4.78 is 6.57. The fraction of sp³-hybridized carbons (Fsp3) is 0.318. The number of rotatable bonds is 8. The van der Waals surface area contributed by atoms with Gasteiger partial charge in [0.1, 0.15) is 5.75 Å². The van der Waals surface area contributed by atoms with E-state index < -0.39 is 0 Å². The van der Waals surface area contributed by atoms with Crippen LogP contribution in [0.5, 0.6) is 5.75 Å². The quantitative estimate of drug-likeness (QED) is 0.551. The van der Waals surface area contributed by atoms with Gasteiger partial charge in [0.25, 0.3) is 5.91 Å². The number of hydrogen-bond acceptors (Lipinski definition) is 4.